The van der Waals surface area contributed by atoms with Gasteiger partial charge in [-0.2, -0.15) is 0 Å². The lowest BCUT2D eigenvalue weighted by molar-refractivity contribution is -0.134. The van der Waals surface area contributed by atoms with Crippen LogP contribution in [0.1, 0.15) is 6.92 Å². The van der Waals surface area contributed by atoms with E-state index in [1.165, 1.54) is 7.11 Å². The molecule has 0 fully saturated rings. The number of hydrogen-bond acceptors (Lipinski definition) is 3. The Bertz CT molecular complexity index is 95.0. The normalized spacial score (nSPS) is 12.8. The van der Waals surface area contributed by atoms with E-state index in [9.17, 15) is 4.79 Å². The smallest absolute Gasteiger partial charge is 0.247 e. The molecule has 3 N–H and O–H groups in total. The first kappa shape index (κ1) is 8.39. The van der Waals surface area contributed by atoms with Crippen LogP contribution in [0.25, 0.3) is 0 Å². The van der Waals surface area contributed by atoms with Gasteiger partial charge in [0.25, 0.3) is 0 Å². The summed E-state index contributed by atoms with van der Waals surface area (Å²) in [5, 5.41) is 0. The molecule has 0 rings (SSSR count). The van der Waals surface area contributed by atoms with Gasteiger partial charge in [0, 0.05) is 12.5 Å². The van der Waals surface area contributed by atoms with Crippen LogP contribution in [0.2, 0.25) is 0 Å². The highest BCUT2D eigenvalue weighted by atomic mass is 16.6. The predicted molar refractivity (Wildman–Crippen MR) is 33.4 cm³/mol. The molecule has 0 aliphatic rings. The summed E-state index contributed by atoms with van der Waals surface area (Å²) in [4.78, 5) is 15.0. The highest BCUT2D eigenvalue weighted by molar-refractivity contribution is 5.77. The quantitative estimate of drug-likeness (QED) is 0.497. The number of carbonyl (C=O) groups is 1. The van der Waals surface area contributed by atoms with Gasteiger partial charge in [-0.15, -0.1) is 0 Å². The molecule has 54 valence electrons. The molecule has 1 unspecified atom stereocenters. The number of nitrogens with one attached hydrogen (secondary N) is 1. The summed E-state index contributed by atoms with van der Waals surface area (Å²) >= 11 is 0. The standard InChI is InChI=1S/C5H12N2O2/c1-4(3-6)5(8)7-9-2/h4H,3,6H2,1-2H3,(H,7,8). The molecule has 0 spiro atoms. The van der Waals surface area contributed by atoms with E-state index in [0.29, 0.717) is 6.54 Å². The molecule has 0 heterocycles. The molecule has 1 amide bonds. The third-order valence-electron chi connectivity index (χ3n) is 1.00. The number of nitrogens with two attached hydrogens (primary N) is 1. The fraction of sp³-hybridized carbons (Fsp3) is 0.800. The second kappa shape index (κ2) is 4.29. The molecule has 0 saturated carbocycles. The molecular formula is C5H12N2O2. The first-order chi connectivity index (χ1) is 4.22. The summed E-state index contributed by atoms with van der Waals surface area (Å²) in [6.07, 6.45) is 0. The van der Waals surface area contributed by atoms with E-state index < -0.39 is 0 Å². The molecule has 0 aromatic carbocycles. The Morgan fingerprint density at radius 1 is 1.89 bits per heavy atom. The van der Waals surface area contributed by atoms with Crippen LogP contribution in [0.3, 0.4) is 0 Å². The average Bonchev–Trinajstić information content (AvgIpc) is 1.87. The fourth-order valence-corrected chi connectivity index (χ4v) is 0.308. The van der Waals surface area contributed by atoms with Gasteiger partial charge >= 0.3 is 0 Å². The summed E-state index contributed by atoms with van der Waals surface area (Å²) in [6.45, 7) is 2.07. The molecule has 0 bridgehead atoms. The summed E-state index contributed by atoms with van der Waals surface area (Å²) in [5.41, 5.74) is 7.36. The third-order valence-corrected chi connectivity index (χ3v) is 1.00. The van der Waals surface area contributed by atoms with Crippen molar-refractivity contribution in [2.45, 2.75) is 6.92 Å². The lowest BCUT2D eigenvalue weighted by atomic mass is 10.2. The van der Waals surface area contributed by atoms with Crippen molar-refractivity contribution in [3.8, 4) is 0 Å². The van der Waals surface area contributed by atoms with E-state index in [1.807, 2.05) is 0 Å². The van der Waals surface area contributed by atoms with Gasteiger partial charge in [-0.25, -0.2) is 5.48 Å². The van der Waals surface area contributed by atoms with Gasteiger partial charge in [0.15, 0.2) is 0 Å². The van der Waals surface area contributed by atoms with E-state index in [0.717, 1.165) is 0 Å². The van der Waals surface area contributed by atoms with E-state index in [-0.39, 0.29) is 11.8 Å². The highest BCUT2D eigenvalue weighted by Crippen LogP contribution is 1.88. The van der Waals surface area contributed by atoms with Crippen LogP contribution >= 0.6 is 0 Å². The molecule has 9 heavy (non-hydrogen) atoms. The zero-order chi connectivity index (χ0) is 7.28. The van der Waals surface area contributed by atoms with Crippen LogP contribution < -0.4 is 11.2 Å². The topological polar surface area (TPSA) is 64.3 Å². The lowest BCUT2D eigenvalue weighted by Crippen LogP contribution is -2.32. The third kappa shape index (κ3) is 3.05. The Labute approximate surface area is 54.3 Å². The average molecular weight is 132 g/mol. The minimum absolute atomic E-state index is 0.176. The second-order valence-electron chi connectivity index (χ2n) is 1.81. The zero-order valence-electron chi connectivity index (χ0n) is 5.68. The van der Waals surface area contributed by atoms with Crippen molar-refractivity contribution in [3.05, 3.63) is 0 Å². The van der Waals surface area contributed by atoms with Gasteiger partial charge in [-0.3, -0.25) is 9.63 Å². The number of rotatable bonds is 3. The molecule has 4 nitrogen and oxygen atoms in total. The molecule has 0 aliphatic heterocycles. The van der Waals surface area contributed by atoms with Crippen molar-refractivity contribution < 1.29 is 9.63 Å². The molecule has 4 heteroatoms. The van der Waals surface area contributed by atoms with E-state index in [1.54, 1.807) is 6.92 Å². The van der Waals surface area contributed by atoms with Gasteiger partial charge in [0.05, 0.1) is 7.11 Å². The van der Waals surface area contributed by atoms with Gasteiger partial charge in [0.2, 0.25) is 5.91 Å². The predicted octanol–water partition coefficient (Wildman–Crippen LogP) is -0.741. The van der Waals surface area contributed by atoms with Crippen molar-refractivity contribution in [1.82, 2.24) is 5.48 Å². The zero-order valence-corrected chi connectivity index (χ0v) is 5.68. The van der Waals surface area contributed by atoms with Gasteiger partial charge < -0.3 is 5.73 Å². The molecule has 0 saturated heterocycles. The van der Waals surface area contributed by atoms with Crippen molar-refractivity contribution in [3.63, 3.8) is 0 Å². The summed E-state index contributed by atoms with van der Waals surface area (Å²) in [5.74, 6) is -0.357. The minimum atomic E-state index is -0.181. The van der Waals surface area contributed by atoms with Crippen LogP contribution in [0.15, 0.2) is 0 Å². The largest absolute Gasteiger partial charge is 0.330 e. The Kier molecular flexibility index (Phi) is 4.00. The lowest BCUT2D eigenvalue weighted by Gasteiger charge is -2.05. The molecule has 0 aliphatic carbocycles. The van der Waals surface area contributed by atoms with E-state index in [2.05, 4.69) is 10.3 Å². The van der Waals surface area contributed by atoms with Crippen molar-refractivity contribution in [1.29, 1.82) is 0 Å². The van der Waals surface area contributed by atoms with E-state index >= 15 is 0 Å². The molecule has 0 aromatic heterocycles. The fourth-order valence-electron chi connectivity index (χ4n) is 0.308. The number of hydrogen-bond donors (Lipinski definition) is 2. The first-order valence-corrected chi connectivity index (χ1v) is 2.75. The number of amides is 1. The molecule has 0 aromatic rings. The molecule has 1 atom stereocenters. The monoisotopic (exact) mass is 132 g/mol. The van der Waals surface area contributed by atoms with Crippen molar-refractivity contribution in [2.75, 3.05) is 13.7 Å². The highest BCUT2D eigenvalue weighted by Gasteiger charge is 2.08. The summed E-state index contributed by atoms with van der Waals surface area (Å²) in [7, 11) is 1.39. The Morgan fingerprint density at radius 2 is 2.44 bits per heavy atom. The van der Waals surface area contributed by atoms with Gasteiger partial charge in [-0.05, 0) is 0 Å². The summed E-state index contributed by atoms with van der Waals surface area (Å²) < 4.78 is 0. The molecule has 0 radical (unpaired) electrons. The number of carbonyl (C=O) groups excluding carboxylic acids is 1. The van der Waals surface area contributed by atoms with Crippen LogP contribution in [0.4, 0.5) is 0 Å². The first-order valence-electron chi connectivity index (χ1n) is 2.75. The Morgan fingerprint density at radius 3 is 2.78 bits per heavy atom. The maximum Gasteiger partial charge on any atom is 0.247 e. The molecular weight excluding hydrogens is 120 g/mol. The van der Waals surface area contributed by atoms with Crippen LogP contribution in [-0.4, -0.2) is 19.6 Å². The maximum absolute atomic E-state index is 10.7. The number of hydroxylamine groups is 1. The van der Waals surface area contributed by atoms with Crippen molar-refractivity contribution in [2.24, 2.45) is 11.7 Å². The SMILES string of the molecule is CONC(=O)C(C)CN. The van der Waals surface area contributed by atoms with Crippen LogP contribution in [0.5, 0.6) is 0 Å². The van der Waals surface area contributed by atoms with Crippen LogP contribution in [-0.2, 0) is 9.63 Å². The Balaban J connectivity index is 3.46. The Hall–Kier alpha value is -0.610. The summed E-state index contributed by atoms with van der Waals surface area (Å²) in [6, 6.07) is 0. The van der Waals surface area contributed by atoms with Gasteiger partial charge in [0.1, 0.15) is 0 Å². The second-order valence-corrected chi connectivity index (χ2v) is 1.81. The maximum atomic E-state index is 10.7. The van der Waals surface area contributed by atoms with Gasteiger partial charge in [-0.1, -0.05) is 6.92 Å². The van der Waals surface area contributed by atoms with E-state index in [4.69, 9.17) is 5.73 Å². The minimum Gasteiger partial charge on any atom is -0.330 e. The van der Waals surface area contributed by atoms with Crippen LogP contribution in [0, 0.1) is 5.92 Å². The van der Waals surface area contributed by atoms with Crippen molar-refractivity contribution >= 4 is 5.91 Å².